The van der Waals surface area contributed by atoms with E-state index in [0.717, 1.165) is 0 Å². The molecule has 1 fully saturated rings. The van der Waals surface area contributed by atoms with Crippen LogP contribution in [-0.2, 0) is 27.6 Å². The number of hydrogen-bond donors (Lipinski definition) is 2. The van der Waals surface area contributed by atoms with Crippen LogP contribution in [0.15, 0.2) is 24.3 Å². The highest BCUT2D eigenvalue weighted by Gasteiger charge is 2.40. The van der Waals surface area contributed by atoms with Crippen molar-refractivity contribution in [2.75, 3.05) is 11.5 Å². The molecule has 2 aliphatic rings. The van der Waals surface area contributed by atoms with Gasteiger partial charge in [0.25, 0.3) is 0 Å². The van der Waals surface area contributed by atoms with Gasteiger partial charge < -0.3 is 10.6 Å². The van der Waals surface area contributed by atoms with Crippen LogP contribution >= 0.6 is 0 Å². The van der Waals surface area contributed by atoms with E-state index in [-0.39, 0.29) is 23.5 Å². The molecule has 2 atom stereocenters. The number of sulfone groups is 1. The van der Waals surface area contributed by atoms with E-state index in [1.54, 1.807) is 0 Å². The maximum atomic E-state index is 12.4. The monoisotopic (exact) mass is 308 g/mol. The Balaban J connectivity index is 1.68. The van der Waals surface area contributed by atoms with Crippen molar-refractivity contribution in [1.82, 2.24) is 10.6 Å². The molecule has 1 unspecified atom stereocenters. The minimum Gasteiger partial charge on any atom is -0.349 e. The fraction of sp³-hybridized carbons (Fsp3) is 0.533. The van der Waals surface area contributed by atoms with E-state index in [0.29, 0.717) is 19.4 Å². The van der Waals surface area contributed by atoms with Crippen LogP contribution in [0.5, 0.6) is 0 Å². The lowest BCUT2D eigenvalue weighted by molar-refractivity contribution is -0.124. The number of carbonyl (C=O) groups is 1. The number of benzene rings is 1. The summed E-state index contributed by atoms with van der Waals surface area (Å²) in [5.41, 5.74) is 1.77. The lowest BCUT2D eigenvalue weighted by Crippen LogP contribution is -2.55. The Bertz CT molecular complexity index is 671. The first kappa shape index (κ1) is 14.5. The molecule has 21 heavy (non-hydrogen) atoms. The highest BCUT2D eigenvalue weighted by Crippen LogP contribution is 2.23. The van der Waals surface area contributed by atoms with Gasteiger partial charge >= 0.3 is 0 Å². The zero-order chi connectivity index (χ0) is 15.1. The van der Waals surface area contributed by atoms with Gasteiger partial charge in [-0.15, -0.1) is 0 Å². The molecule has 2 N–H and O–H groups in total. The third-order valence-corrected chi connectivity index (χ3v) is 6.23. The quantitative estimate of drug-likeness (QED) is 0.829. The second kappa shape index (κ2) is 5.10. The molecule has 0 bridgehead atoms. The summed E-state index contributed by atoms with van der Waals surface area (Å²) >= 11 is 0. The number of amides is 1. The molecule has 0 aliphatic carbocycles. The van der Waals surface area contributed by atoms with Crippen molar-refractivity contribution in [3.63, 3.8) is 0 Å². The fourth-order valence-electron chi connectivity index (χ4n) is 3.13. The Kier molecular flexibility index (Phi) is 3.53. The molecule has 0 aromatic heterocycles. The summed E-state index contributed by atoms with van der Waals surface area (Å²) in [6, 6.07) is 7.77. The molecule has 0 saturated carbocycles. The van der Waals surface area contributed by atoms with Crippen LogP contribution in [0.4, 0.5) is 0 Å². The highest BCUT2D eigenvalue weighted by atomic mass is 32.2. The summed E-state index contributed by atoms with van der Waals surface area (Å²) in [5, 5.41) is 6.16. The topological polar surface area (TPSA) is 75.3 Å². The van der Waals surface area contributed by atoms with Crippen molar-refractivity contribution < 1.29 is 13.2 Å². The summed E-state index contributed by atoms with van der Waals surface area (Å²) in [5.74, 6) is 0.0869. The molecule has 114 valence electrons. The van der Waals surface area contributed by atoms with Crippen LogP contribution in [0, 0.1) is 0 Å². The van der Waals surface area contributed by atoms with Crippen LogP contribution in [0.25, 0.3) is 0 Å². The van der Waals surface area contributed by atoms with Crippen LogP contribution in [0.2, 0.25) is 0 Å². The van der Waals surface area contributed by atoms with Gasteiger partial charge in [-0.2, -0.15) is 0 Å². The molecule has 5 nitrogen and oxygen atoms in total. The normalized spacial score (nSPS) is 30.6. The maximum absolute atomic E-state index is 12.4. The summed E-state index contributed by atoms with van der Waals surface area (Å²) in [7, 11) is -3.01. The predicted octanol–water partition coefficient (Wildman–Crippen LogP) is 0.394. The smallest absolute Gasteiger partial charge is 0.237 e. The largest absolute Gasteiger partial charge is 0.349 e. The average Bonchev–Trinajstić information content (AvgIpc) is 2.71. The van der Waals surface area contributed by atoms with Gasteiger partial charge in [0.1, 0.15) is 0 Å². The van der Waals surface area contributed by atoms with Gasteiger partial charge in [0.15, 0.2) is 9.84 Å². The van der Waals surface area contributed by atoms with Crippen molar-refractivity contribution in [2.24, 2.45) is 0 Å². The molecule has 1 aromatic carbocycles. The Morgan fingerprint density at radius 1 is 1.33 bits per heavy atom. The predicted molar refractivity (Wildman–Crippen MR) is 80.6 cm³/mol. The molecular weight excluding hydrogens is 288 g/mol. The minimum absolute atomic E-state index is 0.0368. The van der Waals surface area contributed by atoms with Crippen molar-refractivity contribution in [1.29, 1.82) is 0 Å². The molecule has 0 radical (unpaired) electrons. The van der Waals surface area contributed by atoms with Crippen molar-refractivity contribution in [2.45, 2.75) is 37.9 Å². The first-order chi connectivity index (χ1) is 9.87. The van der Waals surface area contributed by atoms with Crippen LogP contribution < -0.4 is 10.6 Å². The zero-order valence-electron chi connectivity index (χ0n) is 12.1. The number of carbonyl (C=O) groups excluding carboxylic acids is 1. The van der Waals surface area contributed by atoms with Gasteiger partial charge in [-0.05, 0) is 30.9 Å². The lowest BCUT2D eigenvalue weighted by Gasteiger charge is -2.30. The van der Waals surface area contributed by atoms with Gasteiger partial charge in [-0.3, -0.25) is 4.79 Å². The third-order valence-electron chi connectivity index (χ3n) is 4.33. The number of nitrogens with one attached hydrogen (secondary N) is 2. The highest BCUT2D eigenvalue weighted by molar-refractivity contribution is 7.91. The van der Waals surface area contributed by atoms with Gasteiger partial charge in [0.05, 0.1) is 23.1 Å². The van der Waals surface area contributed by atoms with E-state index >= 15 is 0 Å². The Labute approximate surface area is 125 Å². The zero-order valence-corrected chi connectivity index (χ0v) is 12.9. The van der Waals surface area contributed by atoms with Crippen molar-refractivity contribution in [3.05, 3.63) is 35.4 Å². The first-order valence-corrected chi connectivity index (χ1v) is 9.02. The molecule has 1 saturated heterocycles. The second-order valence-corrected chi connectivity index (χ2v) is 8.48. The number of hydrogen-bond acceptors (Lipinski definition) is 4. The van der Waals surface area contributed by atoms with E-state index in [1.807, 2.05) is 25.1 Å². The molecule has 1 amide bonds. The van der Waals surface area contributed by atoms with Gasteiger partial charge in [-0.1, -0.05) is 24.3 Å². The average molecular weight is 308 g/mol. The minimum atomic E-state index is -3.01. The van der Waals surface area contributed by atoms with Gasteiger partial charge in [0.2, 0.25) is 5.91 Å². The molecule has 2 aliphatic heterocycles. The van der Waals surface area contributed by atoms with Crippen molar-refractivity contribution >= 4 is 15.7 Å². The lowest BCUT2D eigenvalue weighted by atomic mass is 9.94. The SMILES string of the molecule is CC1(NC(=O)[C@H]2Cc3ccccc3CN2)CCS(=O)(=O)C1. The van der Waals surface area contributed by atoms with Gasteiger partial charge in [0, 0.05) is 6.54 Å². The summed E-state index contributed by atoms with van der Waals surface area (Å²) < 4.78 is 23.2. The summed E-state index contributed by atoms with van der Waals surface area (Å²) in [6.07, 6.45) is 1.13. The maximum Gasteiger partial charge on any atom is 0.237 e. The fourth-order valence-corrected chi connectivity index (χ4v) is 5.23. The first-order valence-electron chi connectivity index (χ1n) is 7.20. The van der Waals surface area contributed by atoms with E-state index in [1.165, 1.54) is 11.1 Å². The number of fused-ring (bicyclic) bond motifs is 1. The van der Waals surface area contributed by atoms with Crippen LogP contribution in [0.1, 0.15) is 24.5 Å². The van der Waals surface area contributed by atoms with E-state index in [9.17, 15) is 13.2 Å². The van der Waals surface area contributed by atoms with Gasteiger partial charge in [-0.25, -0.2) is 8.42 Å². The Morgan fingerprint density at radius 2 is 2.05 bits per heavy atom. The van der Waals surface area contributed by atoms with Crippen LogP contribution in [-0.4, -0.2) is 37.4 Å². The van der Waals surface area contributed by atoms with E-state index in [2.05, 4.69) is 16.7 Å². The molecule has 1 aromatic rings. The summed E-state index contributed by atoms with van der Waals surface area (Å²) in [6.45, 7) is 2.48. The third kappa shape index (κ3) is 3.11. The molecular formula is C15H20N2O3S. The Morgan fingerprint density at radius 3 is 2.71 bits per heavy atom. The standard InChI is InChI=1S/C15H20N2O3S/c1-15(6-7-21(19,20)10-15)17-14(18)13-8-11-4-2-3-5-12(11)9-16-13/h2-5,13,16H,6-10H2,1H3,(H,17,18)/t13-,15?/m1/s1. The van der Waals surface area contributed by atoms with Crippen molar-refractivity contribution in [3.8, 4) is 0 Å². The summed E-state index contributed by atoms with van der Waals surface area (Å²) in [4.78, 5) is 12.4. The second-order valence-electron chi connectivity index (χ2n) is 6.30. The van der Waals surface area contributed by atoms with E-state index < -0.39 is 15.4 Å². The number of rotatable bonds is 2. The molecule has 0 spiro atoms. The van der Waals surface area contributed by atoms with E-state index in [4.69, 9.17) is 0 Å². The Hall–Kier alpha value is -1.40. The molecule has 2 heterocycles. The molecule has 3 rings (SSSR count). The van der Waals surface area contributed by atoms with Crippen LogP contribution in [0.3, 0.4) is 0 Å². The molecule has 6 heteroatoms.